The lowest BCUT2D eigenvalue weighted by Crippen LogP contribution is -2.18. The molecule has 0 unspecified atom stereocenters. The number of nitro groups is 1. The Kier molecular flexibility index (Phi) is 5.60. The zero-order chi connectivity index (χ0) is 19.5. The third-order valence-electron chi connectivity index (χ3n) is 3.11. The van der Waals surface area contributed by atoms with E-state index in [1.807, 2.05) is 5.43 Å². The number of non-ortho nitro benzene ring substituents is 1. The largest absolute Gasteiger partial charge is 0.506 e. The van der Waals surface area contributed by atoms with Crippen LogP contribution in [0.15, 0.2) is 46.0 Å². The Labute approximate surface area is 152 Å². The molecule has 0 aliphatic carbocycles. The van der Waals surface area contributed by atoms with Crippen LogP contribution >= 0.6 is 15.9 Å². The molecule has 7 nitrogen and oxygen atoms in total. The number of benzene rings is 2. The first-order chi connectivity index (χ1) is 12.1. The zero-order valence-corrected chi connectivity index (χ0v) is 14.2. The quantitative estimate of drug-likeness (QED) is 0.435. The molecule has 1 amide bonds. The maximum absolute atomic E-state index is 12.6. The number of alkyl halides is 3. The SMILES string of the molecule is O=C(N/N=C\c1cc([N+](=O)[O-])cc(Br)c1O)c1cccc(C(F)(F)F)c1. The number of nitrogens with one attached hydrogen (secondary N) is 1. The molecule has 0 spiro atoms. The summed E-state index contributed by atoms with van der Waals surface area (Å²) in [5.41, 5.74) is 0.314. The minimum atomic E-state index is -4.60. The van der Waals surface area contributed by atoms with E-state index >= 15 is 0 Å². The number of hydrazone groups is 1. The van der Waals surface area contributed by atoms with E-state index in [0.29, 0.717) is 6.07 Å². The second-order valence-corrected chi connectivity index (χ2v) is 5.75. The number of carbonyl (C=O) groups is 1. The first-order valence-corrected chi connectivity index (χ1v) is 7.56. The predicted octanol–water partition coefficient (Wildman–Crippen LogP) is 3.85. The van der Waals surface area contributed by atoms with E-state index in [4.69, 9.17) is 0 Å². The van der Waals surface area contributed by atoms with Gasteiger partial charge in [-0.15, -0.1) is 0 Å². The van der Waals surface area contributed by atoms with Crippen molar-refractivity contribution in [2.45, 2.75) is 6.18 Å². The van der Waals surface area contributed by atoms with Gasteiger partial charge in [-0.2, -0.15) is 18.3 Å². The highest BCUT2D eigenvalue weighted by Crippen LogP contribution is 2.31. The van der Waals surface area contributed by atoms with Crippen LogP contribution < -0.4 is 5.43 Å². The van der Waals surface area contributed by atoms with Gasteiger partial charge >= 0.3 is 6.18 Å². The van der Waals surface area contributed by atoms with Crippen molar-refractivity contribution in [2.24, 2.45) is 5.10 Å². The first-order valence-electron chi connectivity index (χ1n) is 6.77. The molecule has 0 saturated heterocycles. The Morgan fingerprint density at radius 1 is 1.31 bits per heavy atom. The molecule has 0 aromatic heterocycles. The average molecular weight is 432 g/mol. The van der Waals surface area contributed by atoms with Crippen LogP contribution in [0.2, 0.25) is 0 Å². The van der Waals surface area contributed by atoms with Gasteiger partial charge in [-0.1, -0.05) is 6.07 Å². The summed E-state index contributed by atoms with van der Waals surface area (Å²) in [6, 6.07) is 5.81. The van der Waals surface area contributed by atoms with E-state index in [2.05, 4.69) is 21.0 Å². The van der Waals surface area contributed by atoms with Gasteiger partial charge in [0.2, 0.25) is 0 Å². The van der Waals surface area contributed by atoms with Crippen molar-refractivity contribution in [3.05, 3.63) is 67.7 Å². The number of nitrogens with zero attached hydrogens (tertiary/aromatic N) is 2. The van der Waals surface area contributed by atoms with Crippen LogP contribution in [0.1, 0.15) is 21.5 Å². The molecule has 136 valence electrons. The smallest absolute Gasteiger partial charge is 0.416 e. The maximum Gasteiger partial charge on any atom is 0.416 e. The minimum Gasteiger partial charge on any atom is -0.506 e. The second-order valence-electron chi connectivity index (χ2n) is 4.90. The van der Waals surface area contributed by atoms with Gasteiger partial charge < -0.3 is 5.11 Å². The lowest BCUT2D eigenvalue weighted by molar-refractivity contribution is -0.385. The van der Waals surface area contributed by atoms with Crippen molar-refractivity contribution < 1.29 is 28.0 Å². The Balaban J connectivity index is 2.19. The molecule has 0 heterocycles. The summed E-state index contributed by atoms with van der Waals surface area (Å²) in [6.07, 6.45) is -3.67. The third-order valence-corrected chi connectivity index (χ3v) is 3.71. The zero-order valence-electron chi connectivity index (χ0n) is 12.6. The Morgan fingerprint density at radius 3 is 2.62 bits per heavy atom. The number of halogens is 4. The van der Waals surface area contributed by atoms with Crippen LogP contribution in [0.3, 0.4) is 0 Å². The van der Waals surface area contributed by atoms with E-state index in [1.54, 1.807) is 0 Å². The second kappa shape index (κ2) is 7.52. The van der Waals surface area contributed by atoms with Gasteiger partial charge in [0.1, 0.15) is 5.75 Å². The summed E-state index contributed by atoms with van der Waals surface area (Å²) in [5.74, 6) is -1.27. The van der Waals surface area contributed by atoms with Crippen LogP contribution in [-0.4, -0.2) is 22.2 Å². The van der Waals surface area contributed by atoms with E-state index in [0.717, 1.165) is 30.5 Å². The monoisotopic (exact) mass is 431 g/mol. The van der Waals surface area contributed by atoms with E-state index in [-0.39, 0.29) is 27.0 Å². The summed E-state index contributed by atoms with van der Waals surface area (Å²) >= 11 is 2.94. The summed E-state index contributed by atoms with van der Waals surface area (Å²) in [6.45, 7) is 0. The molecule has 0 radical (unpaired) electrons. The Hall–Kier alpha value is -2.95. The molecule has 0 fully saturated rings. The molecule has 2 aromatic carbocycles. The lowest BCUT2D eigenvalue weighted by Gasteiger charge is -2.07. The van der Waals surface area contributed by atoms with E-state index in [1.165, 1.54) is 6.07 Å². The molecular formula is C15H9BrF3N3O4. The fraction of sp³-hybridized carbons (Fsp3) is 0.0667. The van der Waals surface area contributed by atoms with Crippen molar-refractivity contribution in [2.75, 3.05) is 0 Å². The van der Waals surface area contributed by atoms with Crippen molar-refractivity contribution >= 4 is 33.7 Å². The third kappa shape index (κ3) is 4.57. The van der Waals surface area contributed by atoms with Crippen molar-refractivity contribution in [1.29, 1.82) is 0 Å². The van der Waals surface area contributed by atoms with Crippen LogP contribution in [0.25, 0.3) is 0 Å². The van der Waals surface area contributed by atoms with Gasteiger partial charge in [0.25, 0.3) is 11.6 Å². The molecule has 11 heteroatoms. The van der Waals surface area contributed by atoms with Gasteiger partial charge in [-0.3, -0.25) is 14.9 Å². The van der Waals surface area contributed by atoms with E-state index in [9.17, 15) is 33.2 Å². The topological polar surface area (TPSA) is 105 Å². The standard InChI is InChI=1S/C15H9BrF3N3O4/c16-12-6-11(22(25)26)5-9(13(12)23)7-20-21-14(24)8-2-1-3-10(4-8)15(17,18)19/h1-7,23H,(H,21,24)/b20-7-. The number of hydrogen-bond donors (Lipinski definition) is 2. The minimum absolute atomic E-state index is 0.0392. The first kappa shape index (κ1) is 19.4. The van der Waals surface area contributed by atoms with Gasteiger partial charge in [0, 0.05) is 23.3 Å². The van der Waals surface area contributed by atoms with Crippen molar-refractivity contribution in [3.8, 4) is 5.75 Å². The number of phenols is 1. The number of carbonyl (C=O) groups excluding carboxylic acids is 1. The Morgan fingerprint density at radius 2 is 2.00 bits per heavy atom. The Bertz CT molecular complexity index is 900. The average Bonchev–Trinajstić information content (AvgIpc) is 2.57. The van der Waals surface area contributed by atoms with Gasteiger partial charge in [-0.05, 0) is 34.1 Å². The molecule has 0 atom stereocenters. The highest BCUT2D eigenvalue weighted by Gasteiger charge is 2.30. The van der Waals surface area contributed by atoms with Crippen molar-refractivity contribution in [3.63, 3.8) is 0 Å². The van der Waals surface area contributed by atoms with Crippen LogP contribution in [-0.2, 0) is 6.18 Å². The molecule has 0 bridgehead atoms. The normalized spacial score (nSPS) is 11.5. The predicted molar refractivity (Wildman–Crippen MR) is 89.0 cm³/mol. The highest BCUT2D eigenvalue weighted by atomic mass is 79.9. The molecule has 2 N–H and O–H groups in total. The summed E-state index contributed by atoms with van der Waals surface area (Å²) in [5, 5.41) is 24.1. The highest BCUT2D eigenvalue weighted by molar-refractivity contribution is 9.10. The number of rotatable bonds is 4. The van der Waals surface area contributed by atoms with Crippen molar-refractivity contribution in [1.82, 2.24) is 5.43 Å². The van der Waals surface area contributed by atoms with Crippen LogP contribution in [0, 0.1) is 10.1 Å². The van der Waals surface area contributed by atoms with Gasteiger partial charge in [0.15, 0.2) is 0 Å². The van der Waals surface area contributed by atoms with Crippen LogP contribution in [0.5, 0.6) is 5.75 Å². The molecule has 2 aromatic rings. The molecule has 0 saturated carbocycles. The van der Waals surface area contributed by atoms with Gasteiger partial charge in [-0.25, -0.2) is 5.43 Å². The van der Waals surface area contributed by atoms with Gasteiger partial charge in [0.05, 0.1) is 21.2 Å². The number of hydrogen-bond acceptors (Lipinski definition) is 5. The van der Waals surface area contributed by atoms with Crippen LogP contribution in [0.4, 0.5) is 18.9 Å². The van der Waals surface area contributed by atoms with E-state index < -0.39 is 22.6 Å². The summed E-state index contributed by atoms with van der Waals surface area (Å²) in [7, 11) is 0. The fourth-order valence-corrected chi connectivity index (χ4v) is 2.33. The molecular weight excluding hydrogens is 423 g/mol. The molecule has 0 aliphatic rings. The molecule has 26 heavy (non-hydrogen) atoms. The summed E-state index contributed by atoms with van der Waals surface area (Å²) < 4.78 is 38.0. The summed E-state index contributed by atoms with van der Waals surface area (Å²) in [4.78, 5) is 22.0. The number of phenolic OH excluding ortho intramolecular Hbond substituents is 1. The lowest BCUT2D eigenvalue weighted by atomic mass is 10.1. The number of aromatic hydroxyl groups is 1. The maximum atomic E-state index is 12.6. The number of amides is 1. The molecule has 2 rings (SSSR count). The molecule has 0 aliphatic heterocycles. The fourth-order valence-electron chi connectivity index (χ4n) is 1.87. The number of nitro benzene ring substituents is 1.